The maximum atomic E-state index is 6.24. The summed E-state index contributed by atoms with van der Waals surface area (Å²) in [5, 5.41) is 0.795. The predicted molar refractivity (Wildman–Crippen MR) is 84.1 cm³/mol. The van der Waals surface area contributed by atoms with Crippen molar-refractivity contribution in [2.24, 2.45) is 17.1 Å². The smallest absolute Gasteiger partial charge is 0.0449 e. The third-order valence-corrected chi connectivity index (χ3v) is 4.48. The molecule has 0 bridgehead atoms. The van der Waals surface area contributed by atoms with E-state index >= 15 is 0 Å². The van der Waals surface area contributed by atoms with Gasteiger partial charge in [0, 0.05) is 15.5 Å². The lowest BCUT2D eigenvalue weighted by Gasteiger charge is -2.29. The third-order valence-electron chi connectivity index (χ3n) is 3.63. The number of hydrogen-bond donors (Lipinski definition) is 1. The van der Waals surface area contributed by atoms with Gasteiger partial charge < -0.3 is 5.73 Å². The van der Waals surface area contributed by atoms with Crippen LogP contribution < -0.4 is 5.73 Å². The van der Waals surface area contributed by atoms with Crippen molar-refractivity contribution in [3.63, 3.8) is 0 Å². The second-order valence-corrected chi connectivity index (χ2v) is 7.53. The molecular formula is C15H23BrClN. The summed E-state index contributed by atoms with van der Waals surface area (Å²) in [4.78, 5) is 0. The summed E-state index contributed by atoms with van der Waals surface area (Å²) in [6.45, 7) is 9.05. The van der Waals surface area contributed by atoms with E-state index in [1.165, 1.54) is 0 Å². The Hall–Kier alpha value is -0.0500. The molecule has 2 N–H and O–H groups in total. The zero-order valence-electron chi connectivity index (χ0n) is 11.6. The number of benzene rings is 1. The van der Waals surface area contributed by atoms with Gasteiger partial charge in [-0.2, -0.15) is 0 Å². The van der Waals surface area contributed by atoms with E-state index in [0.29, 0.717) is 11.3 Å². The molecule has 2 unspecified atom stereocenters. The first-order chi connectivity index (χ1) is 8.20. The molecule has 0 fully saturated rings. The Kier molecular flexibility index (Phi) is 5.69. The molecule has 1 aromatic carbocycles. The first kappa shape index (κ1) is 16.0. The highest BCUT2D eigenvalue weighted by Crippen LogP contribution is 2.30. The number of nitrogens with two attached hydrogens (primary N) is 1. The van der Waals surface area contributed by atoms with Crippen LogP contribution in [0.3, 0.4) is 0 Å². The van der Waals surface area contributed by atoms with Crippen molar-refractivity contribution < 1.29 is 0 Å². The fourth-order valence-corrected chi connectivity index (χ4v) is 2.61. The van der Waals surface area contributed by atoms with Crippen LogP contribution in [0.25, 0.3) is 0 Å². The summed E-state index contributed by atoms with van der Waals surface area (Å²) in [6, 6.07) is 6.16. The molecule has 0 heterocycles. The molecule has 18 heavy (non-hydrogen) atoms. The molecule has 0 spiro atoms. The van der Waals surface area contributed by atoms with Gasteiger partial charge in [-0.3, -0.25) is 0 Å². The molecule has 0 aliphatic rings. The van der Waals surface area contributed by atoms with Gasteiger partial charge in [-0.25, -0.2) is 0 Å². The first-order valence-corrected chi connectivity index (χ1v) is 7.56. The van der Waals surface area contributed by atoms with E-state index in [-0.39, 0.29) is 6.04 Å². The standard InChI is InChI=1S/C15H23BrClN/c1-10(15(2,3)4)7-13(18)8-11-5-6-12(16)9-14(11)17/h5-6,9-10,13H,7-8,18H2,1-4H3. The Labute approximate surface area is 124 Å². The molecule has 0 aliphatic carbocycles. The quantitative estimate of drug-likeness (QED) is 0.821. The van der Waals surface area contributed by atoms with E-state index < -0.39 is 0 Å². The first-order valence-electron chi connectivity index (χ1n) is 6.39. The second kappa shape index (κ2) is 6.40. The van der Waals surface area contributed by atoms with Crippen LogP contribution in [-0.4, -0.2) is 6.04 Å². The Balaban J connectivity index is 2.62. The summed E-state index contributed by atoms with van der Waals surface area (Å²) < 4.78 is 1.01. The highest BCUT2D eigenvalue weighted by atomic mass is 79.9. The topological polar surface area (TPSA) is 26.0 Å². The van der Waals surface area contributed by atoms with Crippen molar-refractivity contribution in [3.8, 4) is 0 Å². The highest BCUT2D eigenvalue weighted by Gasteiger charge is 2.22. The molecule has 3 heteroatoms. The summed E-state index contributed by atoms with van der Waals surface area (Å²) in [5.74, 6) is 0.599. The largest absolute Gasteiger partial charge is 0.327 e. The summed E-state index contributed by atoms with van der Waals surface area (Å²) in [7, 11) is 0. The van der Waals surface area contributed by atoms with Crippen molar-refractivity contribution in [1.29, 1.82) is 0 Å². The Morgan fingerprint density at radius 2 is 1.94 bits per heavy atom. The van der Waals surface area contributed by atoms with E-state index in [2.05, 4.69) is 43.6 Å². The molecule has 0 radical (unpaired) electrons. The van der Waals surface area contributed by atoms with Gasteiger partial charge in [-0.05, 0) is 41.9 Å². The van der Waals surface area contributed by atoms with Gasteiger partial charge in [0.1, 0.15) is 0 Å². The molecule has 0 aromatic heterocycles. The van der Waals surface area contributed by atoms with Crippen molar-refractivity contribution >= 4 is 27.5 Å². The second-order valence-electron chi connectivity index (χ2n) is 6.20. The summed E-state index contributed by atoms with van der Waals surface area (Å²) in [5.41, 5.74) is 7.68. The fraction of sp³-hybridized carbons (Fsp3) is 0.600. The Bertz CT molecular complexity index is 398. The minimum absolute atomic E-state index is 0.165. The lowest BCUT2D eigenvalue weighted by Crippen LogP contribution is -2.30. The van der Waals surface area contributed by atoms with Crippen LogP contribution in [0.4, 0.5) is 0 Å². The molecule has 2 atom stereocenters. The van der Waals surface area contributed by atoms with Crippen LogP contribution in [-0.2, 0) is 6.42 Å². The van der Waals surface area contributed by atoms with Gasteiger partial charge in [0.15, 0.2) is 0 Å². The molecule has 0 saturated carbocycles. The Morgan fingerprint density at radius 1 is 1.33 bits per heavy atom. The minimum atomic E-state index is 0.165. The zero-order chi connectivity index (χ0) is 13.9. The van der Waals surface area contributed by atoms with E-state index in [9.17, 15) is 0 Å². The van der Waals surface area contributed by atoms with E-state index in [1.807, 2.05) is 18.2 Å². The molecule has 0 saturated heterocycles. The summed E-state index contributed by atoms with van der Waals surface area (Å²) in [6.07, 6.45) is 1.86. The van der Waals surface area contributed by atoms with Crippen LogP contribution in [0.5, 0.6) is 0 Å². The van der Waals surface area contributed by atoms with Gasteiger partial charge in [0.25, 0.3) is 0 Å². The van der Waals surface area contributed by atoms with Crippen LogP contribution >= 0.6 is 27.5 Å². The lowest BCUT2D eigenvalue weighted by atomic mass is 9.78. The van der Waals surface area contributed by atoms with Crippen molar-refractivity contribution in [3.05, 3.63) is 33.3 Å². The van der Waals surface area contributed by atoms with Crippen LogP contribution in [0.15, 0.2) is 22.7 Å². The predicted octanol–water partition coefficient (Wildman–Crippen LogP) is 5.04. The van der Waals surface area contributed by atoms with Gasteiger partial charge in [-0.1, -0.05) is 61.3 Å². The number of hydrogen-bond acceptors (Lipinski definition) is 1. The third kappa shape index (κ3) is 4.91. The van der Waals surface area contributed by atoms with Crippen LogP contribution in [0.1, 0.15) is 39.7 Å². The van der Waals surface area contributed by atoms with Gasteiger partial charge >= 0.3 is 0 Å². The molecule has 102 valence electrons. The fourth-order valence-electron chi connectivity index (χ4n) is 1.86. The Morgan fingerprint density at radius 3 is 2.44 bits per heavy atom. The number of rotatable bonds is 4. The minimum Gasteiger partial charge on any atom is -0.327 e. The van der Waals surface area contributed by atoms with E-state index in [4.69, 9.17) is 17.3 Å². The molecular weight excluding hydrogens is 310 g/mol. The van der Waals surface area contributed by atoms with Crippen LogP contribution in [0, 0.1) is 11.3 Å². The van der Waals surface area contributed by atoms with Gasteiger partial charge in [0.2, 0.25) is 0 Å². The summed E-state index contributed by atoms with van der Waals surface area (Å²) >= 11 is 9.63. The molecule has 1 nitrogen and oxygen atoms in total. The highest BCUT2D eigenvalue weighted by molar-refractivity contribution is 9.10. The van der Waals surface area contributed by atoms with Crippen molar-refractivity contribution in [2.75, 3.05) is 0 Å². The van der Waals surface area contributed by atoms with E-state index in [0.717, 1.165) is 27.9 Å². The molecule has 1 rings (SSSR count). The van der Waals surface area contributed by atoms with Gasteiger partial charge in [-0.15, -0.1) is 0 Å². The lowest BCUT2D eigenvalue weighted by molar-refractivity contribution is 0.233. The van der Waals surface area contributed by atoms with Crippen molar-refractivity contribution in [2.45, 2.75) is 46.6 Å². The molecule has 0 amide bonds. The zero-order valence-corrected chi connectivity index (χ0v) is 14.0. The monoisotopic (exact) mass is 331 g/mol. The maximum absolute atomic E-state index is 6.24. The maximum Gasteiger partial charge on any atom is 0.0449 e. The molecule has 1 aromatic rings. The normalized spacial score (nSPS) is 15.5. The van der Waals surface area contributed by atoms with E-state index in [1.54, 1.807) is 0 Å². The van der Waals surface area contributed by atoms with Crippen molar-refractivity contribution in [1.82, 2.24) is 0 Å². The molecule has 0 aliphatic heterocycles. The SMILES string of the molecule is CC(CC(N)Cc1ccc(Br)cc1Cl)C(C)(C)C. The van der Waals surface area contributed by atoms with Gasteiger partial charge in [0.05, 0.1) is 0 Å². The average molecular weight is 333 g/mol. The average Bonchev–Trinajstić information content (AvgIpc) is 2.20. The number of halogens is 2. The van der Waals surface area contributed by atoms with Crippen LogP contribution in [0.2, 0.25) is 5.02 Å².